The van der Waals surface area contributed by atoms with Crippen LogP contribution in [0, 0.1) is 6.92 Å². The third-order valence-electron chi connectivity index (χ3n) is 3.58. The average molecular weight is 249 g/mol. The summed E-state index contributed by atoms with van der Waals surface area (Å²) in [4.78, 5) is 14.0. The van der Waals surface area contributed by atoms with Crippen molar-refractivity contribution >= 4 is 23.2 Å². The minimum Gasteiger partial charge on any atom is -0.311 e. The Morgan fingerprint density at radius 2 is 1.68 bits per heavy atom. The number of fused-ring (bicyclic) bond motifs is 1. The SMILES string of the molecule is Cc1ccccc1C=C1C(=O)N(C)c2ccccc21. The van der Waals surface area contributed by atoms with Gasteiger partial charge in [-0.15, -0.1) is 0 Å². The fraction of sp³-hybridized carbons (Fsp3) is 0.118. The van der Waals surface area contributed by atoms with E-state index >= 15 is 0 Å². The van der Waals surface area contributed by atoms with Crippen molar-refractivity contribution in [1.82, 2.24) is 0 Å². The van der Waals surface area contributed by atoms with E-state index in [0.717, 1.165) is 22.4 Å². The molecule has 0 saturated carbocycles. The zero-order valence-electron chi connectivity index (χ0n) is 11.1. The van der Waals surface area contributed by atoms with E-state index in [9.17, 15) is 4.79 Å². The van der Waals surface area contributed by atoms with Crippen molar-refractivity contribution in [3.63, 3.8) is 0 Å². The molecule has 2 heteroatoms. The normalized spacial score (nSPS) is 16.0. The summed E-state index contributed by atoms with van der Waals surface area (Å²) >= 11 is 0. The molecule has 0 N–H and O–H groups in total. The predicted octanol–water partition coefficient (Wildman–Crippen LogP) is 3.51. The molecular formula is C17H15NO. The van der Waals surface area contributed by atoms with Crippen molar-refractivity contribution < 1.29 is 4.79 Å². The molecule has 0 atom stereocenters. The summed E-state index contributed by atoms with van der Waals surface area (Å²) in [5, 5.41) is 0. The van der Waals surface area contributed by atoms with Crippen LogP contribution in [-0.4, -0.2) is 13.0 Å². The van der Waals surface area contributed by atoms with Crippen molar-refractivity contribution in [2.75, 3.05) is 11.9 Å². The third-order valence-corrected chi connectivity index (χ3v) is 3.58. The minimum atomic E-state index is 0.0597. The highest BCUT2D eigenvalue weighted by molar-refractivity contribution is 6.35. The van der Waals surface area contributed by atoms with Gasteiger partial charge in [-0.25, -0.2) is 0 Å². The summed E-state index contributed by atoms with van der Waals surface area (Å²) in [6.07, 6.45) is 1.99. The molecule has 94 valence electrons. The van der Waals surface area contributed by atoms with Crippen LogP contribution in [0.1, 0.15) is 16.7 Å². The van der Waals surface area contributed by atoms with E-state index in [1.807, 2.05) is 55.6 Å². The molecule has 0 fully saturated rings. The van der Waals surface area contributed by atoms with Crippen LogP contribution in [0.15, 0.2) is 48.5 Å². The molecule has 0 bridgehead atoms. The number of carbonyl (C=O) groups is 1. The maximum Gasteiger partial charge on any atom is 0.258 e. The predicted molar refractivity (Wildman–Crippen MR) is 78.9 cm³/mol. The smallest absolute Gasteiger partial charge is 0.258 e. The Morgan fingerprint density at radius 1 is 1.00 bits per heavy atom. The van der Waals surface area contributed by atoms with Crippen LogP contribution < -0.4 is 4.90 Å². The van der Waals surface area contributed by atoms with Gasteiger partial charge in [-0.3, -0.25) is 4.79 Å². The van der Waals surface area contributed by atoms with Gasteiger partial charge in [-0.05, 0) is 30.2 Å². The fourth-order valence-corrected chi connectivity index (χ4v) is 2.44. The van der Waals surface area contributed by atoms with E-state index in [4.69, 9.17) is 0 Å². The van der Waals surface area contributed by atoms with Gasteiger partial charge in [0, 0.05) is 18.2 Å². The molecule has 0 spiro atoms. The number of rotatable bonds is 1. The zero-order valence-corrected chi connectivity index (χ0v) is 11.1. The van der Waals surface area contributed by atoms with Crippen LogP contribution in [0.2, 0.25) is 0 Å². The van der Waals surface area contributed by atoms with Gasteiger partial charge in [0.1, 0.15) is 0 Å². The first-order valence-electron chi connectivity index (χ1n) is 6.33. The van der Waals surface area contributed by atoms with Gasteiger partial charge >= 0.3 is 0 Å². The fourth-order valence-electron chi connectivity index (χ4n) is 2.44. The summed E-state index contributed by atoms with van der Waals surface area (Å²) in [5.41, 5.74) is 5.03. The van der Waals surface area contributed by atoms with E-state index in [-0.39, 0.29) is 5.91 Å². The molecule has 1 amide bonds. The molecule has 0 unspecified atom stereocenters. The number of anilines is 1. The van der Waals surface area contributed by atoms with Crippen molar-refractivity contribution in [2.45, 2.75) is 6.92 Å². The monoisotopic (exact) mass is 249 g/mol. The second kappa shape index (κ2) is 4.39. The van der Waals surface area contributed by atoms with Gasteiger partial charge < -0.3 is 4.90 Å². The largest absolute Gasteiger partial charge is 0.311 e. The van der Waals surface area contributed by atoms with Gasteiger partial charge in [0.2, 0.25) is 0 Å². The van der Waals surface area contributed by atoms with Gasteiger partial charge in [0.25, 0.3) is 5.91 Å². The Labute approximate surface area is 113 Å². The lowest BCUT2D eigenvalue weighted by atomic mass is 10.0. The number of hydrogen-bond donors (Lipinski definition) is 0. The van der Waals surface area contributed by atoms with Crippen molar-refractivity contribution in [2.24, 2.45) is 0 Å². The van der Waals surface area contributed by atoms with Crippen molar-refractivity contribution in [3.05, 3.63) is 65.2 Å². The molecule has 3 rings (SSSR count). The lowest BCUT2D eigenvalue weighted by molar-refractivity contribution is -0.112. The van der Waals surface area contributed by atoms with E-state index in [1.165, 1.54) is 5.56 Å². The molecule has 19 heavy (non-hydrogen) atoms. The van der Waals surface area contributed by atoms with E-state index in [0.29, 0.717) is 0 Å². The Morgan fingerprint density at radius 3 is 2.47 bits per heavy atom. The second-order valence-corrected chi connectivity index (χ2v) is 4.80. The van der Waals surface area contributed by atoms with Gasteiger partial charge in [0.15, 0.2) is 0 Å². The molecule has 1 heterocycles. The van der Waals surface area contributed by atoms with Gasteiger partial charge in [0.05, 0.1) is 5.69 Å². The molecule has 2 nitrogen and oxygen atoms in total. The number of aryl methyl sites for hydroxylation is 1. The summed E-state index contributed by atoms with van der Waals surface area (Å²) in [5.74, 6) is 0.0597. The van der Waals surface area contributed by atoms with Crippen LogP contribution in [0.5, 0.6) is 0 Å². The highest BCUT2D eigenvalue weighted by Gasteiger charge is 2.28. The topological polar surface area (TPSA) is 20.3 Å². The Hall–Kier alpha value is -2.35. The standard InChI is InChI=1S/C17H15NO/c1-12-7-3-4-8-13(12)11-15-14-9-5-6-10-16(14)18(2)17(15)19/h3-11H,1-2H3. The van der Waals surface area contributed by atoms with Crippen LogP contribution in [0.25, 0.3) is 11.6 Å². The number of para-hydroxylation sites is 1. The third kappa shape index (κ3) is 1.85. The van der Waals surface area contributed by atoms with Crippen molar-refractivity contribution in [3.8, 4) is 0 Å². The van der Waals surface area contributed by atoms with Crippen LogP contribution in [0.4, 0.5) is 5.69 Å². The number of hydrogen-bond acceptors (Lipinski definition) is 1. The molecule has 0 saturated heterocycles. The molecular weight excluding hydrogens is 234 g/mol. The highest BCUT2D eigenvalue weighted by atomic mass is 16.2. The Balaban J connectivity index is 2.16. The minimum absolute atomic E-state index is 0.0597. The molecule has 2 aromatic rings. The van der Waals surface area contributed by atoms with E-state index in [2.05, 4.69) is 13.0 Å². The lowest BCUT2D eigenvalue weighted by Crippen LogP contribution is -2.20. The summed E-state index contributed by atoms with van der Waals surface area (Å²) in [6.45, 7) is 2.06. The quantitative estimate of drug-likeness (QED) is 0.708. The zero-order chi connectivity index (χ0) is 13.4. The molecule has 2 aromatic carbocycles. The van der Waals surface area contributed by atoms with Crippen LogP contribution >= 0.6 is 0 Å². The average Bonchev–Trinajstić information content (AvgIpc) is 2.67. The molecule has 0 aromatic heterocycles. The Kier molecular flexibility index (Phi) is 2.71. The maximum absolute atomic E-state index is 12.3. The maximum atomic E-state index is 12.3. The highest BCUT2D eigenvalue weighted by Crippen LogP contribution is 2.36. The number of nitrogens with zero attached hydrogens (tertiary/aromatic N) is 1. The second-order valence-electron chi connectivity index (χ2n) is 4.80. The first kappa shape index (κ1) is 11.7. The summed E-state index contributed by atoms with van der Waals surface area (Å²) < 4.78 is 0. The molecule has 1 aliphatic rings. The number of benzene rings is 2. The van der Waals surface area contributed by atoms with Crippen LogP contribution in [0.3, 0.4) is 0 Å². The molecule has 1 aliphatic heterocycles. The number of likely N-dealkylation sites (N-methyl/N-ethyl adjacent to an activating group) is 1. The molecule has 0 radical (unpaired) electrons. The first-order chi connectivity index (χ1) is 9.18. The van der Waals surface area contributed by atoms with Gasteiger partial charge in [-0.1, -0.05) is 42.5 Å². The summed E-state index contributed by atoms with van der Waals surface area (Å²) in [6, 6.07) is 16.0. The van der Waals surface area contributed by atoms with Crippen LogP contribution in [-0.2, 0) is 4.79 Å². The van der Waals surface area contributed by atoms with E-state index < -0.39 is 0 Å². The molecule has 0 aliphatic carbocycles. The van der Waals surface area contributed by atoms with Gasteiger partial charge in [-0.2, -0.15) is 0 Å². The van der Waals surface area contributed by atoms with Crippen molar-refractivity contribution in [1.29, 1.82) is 0 Å². The number of carbonyl (C=O) groups excluding carboxylic acids is 1. The Bertz CT molecular complexity index is 685. The first-order valence-corrected chi connectivity index (χ1v) is 6.33. The number of amides is 1. The lowest BCUT2D eigenvalue weighted by Gasteiger charge is -2.08. The summed E-state index contributed by atoms with van der Waals surface area (Å²) in [7, 11) is 1.82. The van der Waals surface area contributed by atoms with E-state index in [1.54, 1.807) is 4.90 Å².